The molecule has 1 rings (SSSR count). The fourth-order valence-electron chi connectivity index (χ4n) is 2.04. The van der Waals surface area contributed by atoms with Crippen molar-refractivity contribution in [2.75, 3.05) is 46.9 Å². The van der Waals surface area contributed by atoms with Gasteiger partial charge < -0.3 is 14.5 Å². The SMILES string of the molecule is CC.CCN(CCOC)CCN(C)Cc1ccc(C)cc1. The summed E-state index contributed by atoms with van der Waals surface area (Å²) in [7, 11) is 3.95. The number of rotatable bonds is 9. The molecule has 0 bridgehead atoms. The van der Waals surface area contributed by atoms with E-state index in [2.05, 4.69) is 55.0 Å². The van der Waals surface area contributed by atoms with Crippen LogP contribution in [-0.4, -0.2) is 56.7 Å². The Morgan fingerprint density at radius 2 is 1.62 bits per heavy atom. The van der Waals surface area contributed by atoms with Crippen LogP contribution in [0, 0.1) is 6.92 Å². The Labute approximate surface area is 131 Å². The molecule has 0 saturated carbocycles. The van der Waals surface area contributed by atoms with Crippen LogP contribution in [0.4, 0.5) is 0 Å². The van der Waals surface area contributed by atoms with E-state index in [0.29, 0.717) is 0 Å². The Balaban J connectivity index is 0.00000191. The summed E-state index contributed by atoms with van der Waals surface area (Å²) in [6.45, 7) is 14.5. The molecule has 0 spiro atoms. The maximum Gasteiger partial charge on any atom is 0.0589 e. The van der Waals surface area contributed by atoms with Gasteiger partial charge in [0, 0.05) is 33.3 Å². The smallest absolute Gasteiger partial charge is 0.0589 e. The number of hydrogen-bond donors (Lipinski definition) is 0. The van der Waals surface area contributed by atoms with Crippen molar-refractivity contribution in [3.8, 4) is 0 Å². The predicted octanol–water partition coefficient (Wildman–Crippen LogP) is 3.42. The number of hydrogen-bond acceptors (Lipinski definition) is 3. The molecule has 0 aliphatic heterocycles. The molecule has 1 aromatic rings. The van der Waals surface area contributed by atoms with Crippen molar-refractivity contribution in [1.29, 1.82) is 0 Å². The number of methoxy groups -OCH3 is 1. The molecule has 21 heavy (non-hydrogen) atoms. The van der Waals surface area contributed by atoms with Crippen molar-refractivity contribution in [3.63, 3.8) is 0 Å². The van der Waals surface area contributed by atoms with Gasteiger partial charge in [0.05, 0.1) is 6.61 Å². The average molecular weight is 294 g/mol. The lowest BCUT2D eigenvalue weighted by Gasteiger charge is -2.24. The largest absolute Gasteiger partial charge is 0.383 e. The van der Waals surface area contributed by atoms with Crippen LogP contribution in [0.5, 0.6) is 0 Å². The highest BCUT2D eigenvalue weighted by atomic mass is 16.5. The van der Waals surface area contributed by atoms with E-state index in [9.17, 15) is 0 Å². The van der Waals surface area contributed by atoms with Gasteiger partial charge in [-0.15, -0.1) is 0 Å². The van der Waals surface area contributed by atoms with Crippen LogP contribution in [0.15, 0.2) is 24.3 Å². The summed E-state index contributed by atoms with van der Waals surface area (Å²) in [6.07, 6.45) is 0. The van der Waals surface area contributed by atoms with Gasteiger partial charge in [0.15, 0.2) is 0 Å². The van der Waals surface area contributed by atoms with Crippen LogP contribution in [0.3, 0.4) is 0 Å². The topological polar surface area (TPSA) is 15.7 Å². The number of ether oxygens (including phenoxy) is 1. The molecule has 3 nitrogen and oxygen atoms in total. The minimum absolute atomic E-state index is 0.815. The lowest BCUT2D eigenvalue weighted by atomic mass is 10.1. The molecule has 0 aromatic heterocycles. The zero-order valence-corrected chi connectivity index (χ0v) is 14.9. The van der Waals surface area contributed by atoms with Crippen molar-refractivity contribution in [2.24, 2.45) is 0 Å². The van der Waals surface area contributed by atoms with Gasteiger partial charge in [-0.05, 0) is 26.1 Å². The summed E-state index contributed by atoms with van der Waals surface area (Å²) >= 11 is 0. The van der Waals surface area contributed by atoms with Crippen LogP contribution in [0.2, 0.25) is 0 Å². The third-order valence-electron chi connectivity index (χ3n) is 3.43. The van der Waals surface area contributed by atoms with Gasteiger partial charge in [0.2, 0.25) is 0 Å². The van der Waals surface area contributed by atoms with E-state index in [1.54, 1.807) is 7.11 Å². The number of benzene rings is 1. The Kier molecular flexibility index (Phi) is 12.3. The second-order valence-electron chi connectivity index (χ2n) is 5.15. The molecule has 0 aliphatic carbocycles. The normalized spacial score (nSPS) is 10.7. The molecule has 0 aliphatic rings. The first-order valence-electron chi connectivity index (χ1n) is 8.11. The standard InChI is InChI=1S/C16H28N2O.C2H6/c1-5-18(12-13-19-4)11-10-17(3)14-16-8-6-15(2)7-9-16;1-2/h6-9H,5,10-14H2,1-4H3;1-2H3. The molecule has 0 heterocycles. The van der Waals surface area contributed by atoms with Crippen molar-refractivity contribution in [3.05, 3.63) is 35.4 Å². The average Bonchev–Trinajstić information content (AvgIpc) is 2.52. The summed E-state index contributed by atoms with van der Waals surface area (Å²) < 4.78 is 5.13. The highest BCUT2D eigenvalue weighted by Gasteiger charge is 2.05. The Morgan fingerprint density at radius 1 is 1.00 bits per heavy atom. The maximum atomic E-state index is 5.13. The summed E-state index contributed by atoms with van der Waals surface area (Å²) in [5.41, 5.74) is 2.70. The van der Waals surface area contributed by atoms with Crippen LogP contribution >= 0.6 is 0 Å². The number of aryl methyl sites for hydroxylation is 1. The second-order valence-corrected chi connectivity index (χ2v) is 5.15. The lowest BCUT2D eigenvalue weighted by Crippen LogP contribution is -2.35. The minimum atomic E-state index is 0.815. The molecule has 0 amide bonds. The molecule has 0 unspecified atom stereocenters. The monoisotopic (exact) mass is 294 g/mol. The highest BCUT2D eigenvalue weighted by molar-refractivity contribution is 5.21. The first-order valence-corrected chi connectivity index (χ1v) is 8.11. The summed E-state index contributed by atoms with van der Waals surface area (Å²) in [6, 6.07) is 8.79. The maximum absolute atomic E-state index is 5.13. The van der Waals surface area contributed by atoms with Crippen molar-refractivity contribution < 1.29 is 4.74 Å². The number of nitrogens with zero attached hydrogens (tertiary/aromatic N) is 2. The zero-order valence-electron chi connectivity index (χ0n) is 14.9. The van der Waals surface area contributed by atoms with E-state index < -0.39 is 0 Å². The van der Waals surface area contributed by atoms with E-state index in [1.165, 1.54) is 11.1 Å². The van der Waals surface area contributed by atoms with E-state index in [-0.39, 0.29) is 0 Å². The van der Waals surface area contributed by atoms with E-state index in [1.807, 2.05) is 13.8 Å². The molecular weight excluding hydrogens is 260 g/mol. The van der Waals surface area contributed by atoms with E-state index in [0.717, 1.165) is 39.3 Å². The highest BCUT2D eigenvalue weighted by Crippen LogP contribution is 2.05. The van der Waals surface area contributed by atoms with Crippen molar-refractivity contribution in [2.45, 2.75) is 34.2 Å². The first kappa shape index (κ1) is 20.1. The van der Waals surface area contributed by atoms with Gasteiger partial charge in [0.1, 0.15) is 0 Å². The fraction of sp³-hybridized carbons (Fsp3) is 0.667. The molecule has 1 aromatic carbocycles. The van der Waals surface area contributed by atoms with Crippen molar-refractivity contribution >= 4 is 0 Å². The van der Waals surface area contributed by atoms with Gasteiger partial charge in [-0.2, -0.15) is 0 Å². The van der Waals surface area contributed by atoms with Crippen LogP contribution < -0.4 is 0 Å². The second kappa shape index (κ2) is 12.8. The molecular formula is C18H34N2O. The quantitative estimate of drug-likeness (QED) is 0.694. The van der Waals surface area contributed by atoms with Gasteiger partial charge in [-0.3, -0.25) is 0 Å². The van der Waals surface area contributed by atoms with Crippen molar-refractivity contribution in [1.82, 2.24) is 9.80 Å². The lowest BCUT2D eigenvalue weighted by molar-refractivity contribution is 0.142. The summed E-state index contributed by atoms with van der Waals surface area (Å²) in [4.78, 5) is 4.80. The van der Waals surface area contributed by atoms with Gasteiger partial charge >= 0.3 is 0 Å². The summed E-state index contributed by atoms with van der Waals surface area (Å²) in [5.74, 6) is 0. The zero-order chi connectivity index (χ0) is 16.1. The van der Waals surface area contributed by atoms with Gasteiger partial charge in [-0.25, -0.2) is 0 Å². The molecule has 3 heteroatoms. The predicted molar refractivity (Wildman–Crippen MR) is 92.9 cm³/mol. The Bertz CT molecular complexity index is 338. The molecule has 0 radical (unpaired) electrons. The molecule has 0 N–H and O–H groups in total. The fourth-order valence-corrected chi connectivity index (χ4v) is 2.04. The van der Waals surface area contributed by atoms with Gasteiger partial charge in [-0.1, -0.05) is 50.6 Å². The summed E-state index contributed by atoms with van der Waals surface area (Å²) in [5, 5.41) is 0. The van der Waals surface area contributed by atoms with Gasteiger partial charge in [0.25, 0.3) is 0 Å². The Hall–Kier alpha value is -0.900. The van der Waals surface area contributed by atoms with Crippen LogP contribution in [0.1, 0.15) is 31.9 Å². The number of likely N-dealkylation sites (N-methyl/N-ethyl adjacent to an activating group) is 2. The molecule has 122 valence electrons. The molecule has 0 atom stereocenters. The molecule has 0 fully saturated rings. The van der Waals surface area contributed by atoms with Crippen LogP contribution in [-0.2, 0) is 11.3 Å². The first-order chi connectivity index (χ1) is 10.2. The van der Waals surface area contributed by atoms with E-state index in [4.69, 9.17) is 4.74 Å². The van der Waals surface area contributed by atoms with E-state index >= 15 is 0 Å². The third-order valence-corrected chi connectivity index (χ3v) is 3.43. The van der Waals surface area contributed by atoms with Crippen LogP contribution in [0.25, 0.3) is 0 Å². The third kappa shape index (κ3) is 9.62. The minimum Gasteiger partial charge on any atom is -0.383 e. The molecule has 0 saturated heterocycles. The Morgan fingerprint density at radius 3 is 2.14 bits per heavy atom.